The maximum absolute atomic E-state index is 12.5. The van der Waals surface area contributed by atoms with Gasteiger partial charge in [0.15, 0.2) is 0 Å². The molecule has 2 aliphatic rings. The molecule has 2 heterocycles. The van der Waals surface area contributed by atoms with E-state index in [2.05, 4.69) is 22.3 Å². The van der Waals surface area contributed by atoms with Crippen molar-refractivity contribution in [2.45, 2.75) is 13.0 Å². The Kier molecular flexibility index (Phi) is 6.64. The predicted octanol–water partition coefficient (Wildman–Crippen LogP) is 2.11. The van der Waals surface area contributed by atoms with E-state index in [0.29, 0.717) is 26.1 Å². The average Bonchev–Trinajstić information content (AvgIpc) is 3.07. The van der Waals surface area contributed by atoms with Crippen molar-refractivity contribution in [3.05, 3.63) is 75.3 Å². The Morgan fingerprint density at radius 1 is 0.970 bits per heavy atom. The molecule has 0 unspecified atom stereocenters. The minimum atomic E-state index is -0.599. The first-order chi connectivity index (χ1) is 15.9. The fourth-order valence-corrected chi connectivity index (χ4v) is 4.09. The number of nitrogens with zero attached hydrogens (tertiary/aromatic N) is 4. The zero-order valence-electron chi connectivity index (χ0n) is 18.1. The highest BCUT2D eigenvalue weighted by Gasteiger charge is 2.36. The number of benzene rings is 2. The van der Waals surface area contributed by atoms with Crippen molar-refractivity contribution in [1.82, 2.24) is 20.0 Å². The highest BCUT2D eigenvalue weighted by molar-refractivity contribution is 6.21. The van der Waals surface area contributed by atoms with Crippen molar-refractivity contribution >= 4 is 23.5 Å². The summed E-state index contributed by atoms with van der Waals surface area (Å²) in [5.74, 6) is -1.01. The fourth-order valence-electron chi connectivity index (χ4n) is 4.09. The number of piperazine rings is 1. The summed E-state index contributed by atoms with van der Waals surface area (Å²) >= 11 is 0. The number of nitrogens with one attached hydrogen (secondary N) is 1. The van der Waals surface area contributed by atoms with Crippen molar-refractivity contribution in [3.63, 3.8) is 0 Å². The molecule has 4 amide bonds. The summed E-state index contributed by atoms with van der Waals surface area (Å²) in [7, 11) is 0. The van der Waals surface area contributed by atoms with Crippen LogP contribution >= 0.6 is 0 Å². The molecule has 0 bridgehead atoms. The first-order valence-electron chi connectivity index (χ1n) is 10.9. The first kappa shape index (κ1) is 22.4. The third kappa shape index (κ3) is 5.01. The van der Waals surface area contributed by atoms with E-state index in [1.54, 1.807) is 4.90 Å². The van der Waals surface area contributed by atoms with Gasteiger partial charge in [0.2, 0.25) is 0 Å². The van der Waals surface area contributed by atoms with Gasteiger partial charge in [-0.05, 0) is 18.1 Å². The van der Waals surface area contributed by atoms with Crippen LogP contribution in [0.15, 0.2) is 48.5 Å². The number of urea groups is 1. The highest BCUT2D eigenvalue weighted by atomic mass is 16.6. The second-order valence-electron chi connectivity index (χ2n) is 8.08. The third-order valence-electron chi connectivity index (χ3n) is 5.91. The standard InChI is InChI=1S/C23H25N5O5/c29-21-19-8-7-18(28(32)33)15-20(19)22(30)27(21)10-4-9-24-23(31)26-13-11-25(12-14-26)16-17-5-2-1-3-6-17/h1-3,5-8,15H,4,9-14,16H2,(H,24,31). The second-order valence-corrected chi connectivity index (χ2v) is 8.08. The lowest BCUT2D eigenvalue weighted by Gasteiger charge is -2.34. The number of fused-ring (bicyclic) bond motifs is 1. The molecule has 10 nitrogen and oxygen atoms in total. The molecule has 2 aliphatic heterocycles. The van der Waals surface area contributed by atoms with Crippen LogP contribution in [0.5, 0.6) is 0 Å². The van der Waals surface area contributed by atoms with Crippen LogP contribution in [-0.2, 0) is 6.54 Å². The number of carbonyl (C=O) groups is 3. The molecule has 172 valence electrons. The normalized spacial score (nSPS) is 16.1. The number of rotatable bonds is 7. The molecule has 0 radical (unpaired) electrons. The van der Waals surface area contributed by atoms with E-state index in [1.807, 2.05) is 18.2 Å². The molecule has 0 spiro atoms. The summed E-state index contributed by atoms with van der Waals surface area (Å²) in [5, 5.41) is 13.8. The molecule has 1 fully saturated rings. The molecule has 10 heteroatoms. The van der Waals surface area contributed by atoms with Crippen molar-refractivity contribution in [3.8, 4) is 0 Å². The minimum absolute atomic E-state index is 0.0478. The topological polar surface area (TPSA) is 116 Å². The molecule has 0 aliphatic carbocycles. The van der Waals surface area contributed by atoms with Gasteiger partial charge in [0, 0.05) is 57.9 Å². The summed E-state index contributed by atoms with van der Waals surface area (Å²) in [6.45, 7) is 4.17. The van der Waals surface area contributed by atoms with E-state index in [1.165, 1.54) is 17.7 Å². The number of hydrogen-bond donors (Lipinski definition) is 1. The first-order valence-corrected chi connectivity index (χ1v) is 10.9. The molecule has 0 aromatic heterocycles. The maximum atomic E-state index is 12.5. The Hall–Kier alpha value is -3.79. The molecule has 2 aromatic carbocycles. The molecular formula is C23H25N5O5. The van der Waals surface area contributed by atoms with E-state index < -0.39 is 16.7 Å². The van der Waals surface area contributed by atoms with Gasteiger partial charge in [0.1, 0.15) is 0 Å². The van der Waals surface area contributed by atoms with Gasteiger partial charge in [-0.25, -0.2) is 4.79 Å². The zero-order chi connectivity index (χ0) is 23.4. The zero-order valence-corrected chi connectivity index (χ0v) is 18.1. The summed E-state index contributed by atoms with van der Waals surface area (Å²) < 4.78 is 0. The van der Waals surface area contributed by atoms with Gasteiger partial charge in [-0.15, -0.1) is 0 Å². The lowest BCUT2D eigenvalue weighted by Crippen LogP contribution is -2.51. The van der Waals surface area contributed by atoms with Gasteiger partial charge in [-0.2, -0.15) is 0 Å². The largest absolute Gasteiger partial charge is 0.338 e. The summed E-state index contributed by atoms with van der Waals surface area (Å²) in [5.41, 5.74) is 1.24. The SMILES string of the molecule is O=C(NCCCN1C(=O)c2ccc([N+](=O)[O-])cc2C1=O)N1CCN(Cc2ccccc2)CC1. The van der Waals surface area contributed by atoms with Crippen LogP contribution < -0.4 is 5.32 Å². The highest BCUT2D eigenvalue weighted by Crippen LogP contribution is 2.26. The monoisotopic (exact) mass is 451 g/mol. The number of carbonyl (C=O) groups excluding carboxylic acids is 3. The predicted molar refractivity (Wildman–Crippen MR) is 120 cm³/mol. The van der Waals surface area contributed by atoms with Gasteiger partial charge in [-0.1, -0.05) is 30.3 Å². The molecule has 1 saturated heterocycles. The number of imide groups is 1. The van der Waals surface area contributed by atoms with Crippen molar-refractivity contribution in [2.75, 3.05) is 39.3 Å². The number of nitro benzene ring substituents is 1. The van der Waals surface area contributed by atoms with Gasteiger partial charge in [0.05, 0.1) is 16.1 Å². The Labute approximate surface area is 190 Å². The Morgan fingerprint density at radius 2 is 1.67 bits per heavy atom. The smallest absolute Gasteiger partial charge is 0.317 e. The van der Waals surface area contributed by atoms with Crippen LogP contribution in [0.2, 0.25) is 0 Å². The van der Waals surface area contributed by atoms with E-state index in [-0.39, 0.29) is 29.4 Å². The minimum Gasteiger partial charge on any atom is -0.338 e. The molecule has 0 saturated carbocycles. The Bertz CT molecular complexity index is 1070. The lowest BCUT2D eigenvalue weighted by molar-refractivity contribution is -0.384. The molecule has 0 atom stereocenters. The van der Waals surface area contributed by atoms with Crippen LogP contribution in [-0.4, -0.2) is 76.7 Å². The number of non-ortho nitro benzene ring substituents is 1. The molecule has 1 N–H and O–H groups in total. The van der Waals surface area contributed by atoms with Gasteiger partial charge in [0.25, 0.3) is 17.5 Å². The van der Waals surface area contributed by atoms with Crippen LogP contribution in [0.4, 0.5) is 10.5 Å². The van der Waals surface area contributed by atoms with Crippen LogP contribution in [0, 0.1) is 10.1 Å². The summed E-state index contributed by atoms with van der Waals surface area (Å²) in [4.78, 5) is 52.9. The maximum Gasteiger partial charge on any atom is 0.317 e. The van der Waals surface area contributed by atoms with E-state index in [4.69, 9.17) is 0 Å². The summed E-state index contributed by atoms with van der Waals surface area (Å²) in [6, 6.07) is 13.7. The van der Waals surface area contributed by atoms with Crippen LogP contribution in [0.1, 0.15) is 32.7 Å². The lowest BCUT2D eigenvalue weighted by atomic mass is 10.1. The number of hydrogen-bond acceptors (Lipinski definition) is 6. The summed E-state index contributed by atoms with van der Waals surface area (Å²) in [6.07, 6.45) is 0.396. The van der Waals surface area contributed by atoms with Crippen LogP contribution in [0.3, 0.4) is 0 Å². The molecular weight excluding hydrogens is 426 g/mol. The number of amides is 4. The van der Waals surface area contributed by atoms with Crippen molar-refractivity contribution in [1.29, 1.82) is 0 Å². The second kappa shape index (κ2) is 9.78. The van der Waals surface area contributed by atoms with Crippen LogP contribution in [0.25, 0.3) is 0 Å². The molecule has 33 heavy (non-hydrogen) atoms. The average molecular weight is 451 g/mol. The van der Waals surface area contributed by atoms with E-state index >= 15 is 0 Å². The van der Waals surface area contributed by atoms with Crippen molar-refractivity contribution in [2.24, 2.45) is 0 Å². The molecule has 2 aromatic rings. The Morgan fingerprint density at radius 3 is 2.36 bits per heavy atom. The quantitative estimate of drug-likeness (QED) is 0.298. The fraction of sp³-hybridized carbons (Fsp3) is 0.348. The molecule has 4 rings (SSSR count). The van der Waals surface area contributed by atoms with Gasteiger partial charge in [-0.3, -0.25) is 29.5 Å². The number of nitro groups is 1. The van der Waals surface area contributed by atoms with Gasteiger partial charge >= 0.3 is 6.03 Å². The Balaban J connectivity index is 1.19. The van der Waals surface area contributed by atoms with E-state index in [9.17, 15) is 24.5 Å². The van der Waals surface area contributed by atoms with Crippen molar-refractivity contribution < 1.29 is 19.3 Å². The van der Waals surface area contributed by atoms with E-state index in [0.717, 1.165) is 30.6 Å². The third-order valence-corrected chi connectivity index (χ3v) is 5.91. The van der Waals surface area contributed by atoms with Gasteiger partial charge < -0.3 is 10.2 Å².